The van der Waals surface area contributed by atoms with Crippen molar-refractivity contribution in [2.24, 2.45) is 0 Å². The van der Waals surface area contributed by atoms with Crippen LogP contribution >= 0.6 is 0 Å². The van der Waals surface area contributed by atoms with Crippen LogP contribution in [0.1, 0.15) is 15.9 Å². The van der Waals surface area contributed by atoms with Crippen LogP contribution in [0.15, 0.2) is 36.7 Å². The lowest BCUT2D eigenvalue weighted by Gasteiger charge is -2.04. The maximum atomic E-state index is 13.1. The number of nitrogens with zero attached hydrogens (tertiary/aromatic N) is 1. The zero-order valence-corrected chi connectivity index (χ0v) is 9.72. The molecular formula is C12H10FN3O3. The summed E-state index contributed by atoms with van der Waals surface area (Å²) in [6.07, 6.45) is 3.43. The van der Waals surface area contributed by atoms with Crippen LogP contribution in [0.3, 0.4) is 0 Å². The Balaban J connectivity index is 2.11. The van der Waals surface area contributed by atoms with Gasteiger partial charge in [0.25, 0.3) is 5.91 Å². The Kier molecular flexibility index (Phi) is 3.56. The monoisotopic (exact) mass is 263 g/mol. The van der Waals surface area contributed by atoms with Crippen molar-refractivity contribution < 1.29 is 14.1 Å². The molecule has 0 bridgehead atoms. The number of aromatic amines is 1. The normalized spacial score (nSPS) is 10.2. The number of nitro benzene ring substituents is 1. The second kappa shape index (κ2) is 5.30. The van der Waals surface area contributed by atoms with Gasteiger partial charge >= 0.3 is 5.69 Å². The maximum Gasteiger partial charge on any atom is 0.305 e. The van der Waals surface area contributed by atoms with Crippen LogP contribution in [0, 0.1) is 15.9 Å². The quantitative estimate of drug-likeness (QED) is 0.653. The lowest BCUT2D eigenvalue weighted by Crippen LogP contribution is -2.22. The van der Waals surface area contributed by atoms with Crippen LogP contribution in [0.2, 0.25) is 0 Å². The van der Waals surface area contributed by atoms with E-state index in [1.165, 1.54) is 6.07 Å². The van der Waals surface area contributed by atoms with Crippen molar-refractivity contribution in [1.82, 2.24) is 10.3 Å². The van der Waals surface area contributed by atoms with Crippen LogP contribution < -0.4 is 5.32 Å². The summed E-state index contributed by atoms with van der Waals surface area (Å²) in [5.41, 5.74) is 0.197. The first-order valence-corrected chi connectivity index (χ1v) is 5.42. The van der Waals surface area contributed by atoms with E-state index in [-0.39, 0.29) is 12.1 Å². The van der Waals surface area contributed by atoms with E-state index in [1.54, 1.807) is 18.5 Å². The van der Waals surface area contributed by atoms with Gasteiger partial charge in [0.05, 0.1) is 4.92 Å². The Bertz CT molecular complexity index is 611. The summed E-state index contributed by atoms with van der Waals surface area (Å²) in [5, 5.41) is 13.2. The highest BCUT2D eigenvalue weighted by atomic mass is 19.1. The van der Waals surface area contributed by atoms with Crippen molar-refractivity contribution in [3.8, 4) is 0 Å². The SMILES string of the molecule is O=C(NCc1cc[nH]c1)c1ccc(F)c([N+](=O)[O-])c1. The number of hydrogen-bond donors (Lipinski definition) is 2. The number of hydrogen-bond acceptors (Lipinski definition) is 3. The van der Waals surface area contributed by atoms with Crippen LogP contribution in [-0.4, -0.2) is 15.8 Å². The van der Waals surface area contributed by atoms with Crippen LogP contribution in [0.4, 0.5) is 10.1 Å². The second-order valence-electron chi connectivity index (χ2n) is 3.83. The van der Waals surface area contributed by atoms with E-state index >= 15 is 0 Å². The summed E-state index contributed by atoms with van der Waals surface area (Å²) in [6, 6.07) is 4.81. The first-order valence-electron chi connectivity index (χ1n) is 5.42. The van der Waals surface area contributed by atoms with E-state index in [2.05, 4.69) is 10.3 Å². The van der Waals surface area contributed by atoms with Gasteiger partial charge in [-0.3, -0.25) is 14.9 Å². The molecule has 0 unspecified atom stereocenters. The molecule has 2 rings (SSSR count). The van der Waals surface area contributed by atoms with Crippen molar-refractivity contribution in [2.45, 2.75) is 6.54 Å². The number of H-pyrrole nitrogens is 1. The van der Waals surface area contributed by atoms with Gasteiger partial charge in [0.1, 0.15) is 0 Å². The van der Waals surface area contributed by atoms with Gasteiger partial charge < -0.3 is 10.3 Å². The molecule has 1 aromatic carbocycles. The van der Waals surface area contributed by atoms with Gasteiger partial charge in [0, 0.05) is 30.6 Å². The number of nitrogens with one attached hydrogen (secondary N) is 2. The highest BCUT2D eigenvalue weighted by Gasteiger charge is 2.17. The van der Waals surface area contributed by atoms with Crippen molar-refractivity contribution in [3.63, 3.8) is 0 Å². The molecule has 0 saturated heterocycles. The van der Waals surface area contributed by atoms with Crippen LogP contribution in [-0.2, 0) is 6.54 Å². The van der Waals surface area contributed by atoms with E-state index < -0.39 is 22.3 Å². The third-order valence-corrected chi connectivity index (χ3v) is 2.52. The molecule has 1 aromatic heterocycles. The summed E-state index contributed by atoms with van der Waals surface area (Å²) in [6.45, 7) is 0.285. The number of benzene rings is 1. The highest BCUT2D eigenvalue weighted by Crippen LogP contribution is 2.18. The molecule has 6 nitrogen and oxygen atoms in total. The molecule has 2 aromatic rings. The van der Waals surface area contributed by atoms with E-state index in [4.69, 9.17) is 0 Å². The van der Waals surface area contributed by atoms with E-state index in [0.29, 0.717) is 0 Å². The molecule has 0 aliphatic carbocycles. The molecule has 0 radical (unpaired) electrons. The van der Waals surface area contributed by atoms with Crippen molar-refractivity contribution in [3.05, 3.63) is 63.7 Å². The Morgan fingerprint density at radius 3 is 2.84 bits per heavy atom. The van der Waals surface area contributed by atoms with Gasteiger partial charge in [-0.05, 0) is 23.8 Å². The van der Waals surface area contributed by atoms with Gasteiger partial charge in [0.15, 0.2) is 0 Å². The summed E-state index contributed by atoms with van der Waals surface area (Å²) in [7, 11) is 0. The molecular weight excluding hydrogens is 253 g/mol. The molecule has 0 atom stereocenters. The average Bonchev–Trinajstić information content (AvgIpc) is 2.89. The number of aromatic nitrogens is 1. The molecule has 0 spiro atoms. The number of amides is 1. The number of halogens is 1. The largest absolute Gasteiger partial charge is 0.367 e. The second-order valence-corrected chi connectivity index (χ2v) is 3.83. The fraction of sp³-hybridized carbons (Fsp3) is 0.0833. The molecule has 98 valence electrons. The molecule has 1 heterocycles. The molecule has 0 aliphatic heterocycles. The number of rotatable bonds is 4. The first-order chi connectivity index (χ1) is 9.08. The van der Waals surface area contributed by atoms with E-state index in [9.17, 15) is 19.3 Å². The molecule has 1 amide bonds. The Hall–Kier alpha value is -2.70. The summed E-state index contributed by atoms with van der Waals surface area (Å²) in [4.78, 5) is 24.3. The summed E-state index contributed by atoms with van der Waals surface area (Å²) in [5.74, 6) is -1.46. The smallest absolute Gasteiger partial charge is 0.305 e. The zero-order valence-electron chi connectivity index (χ0n) is 9.72. The van der Waals surface area contributed by atoms with Gasteiger partial charge in [0.2, 0.25) is 5.82 Å². The Labute approximate surface area is 107 Å². The first kappa shape index (κ1) is 12.7. The van der Waals surface area contributed by atoms with Gasteiger partial charge in [-0.15, -0.1) is 0 Å². The van der Waals surface area contributed by atoms with Crippen LogP contribution in [0.5, 0.6) is 0 Å². The number of carbonyl (C=O) groups is 1. The topological polar surface area (TPSA) is 88.0 Å². The van der Waals surface area contributed by atoms with E-state index in [0.717, 1.165) is 17.7 Å². The van der Waals surface area contributed by atoms with Crippen LogP contribution in [0.25, 0.3) is 0 Å². The summed E-state index contributed by atoms with van der Waals surface area (Å²) < 4.78 is 13.1. The molecule has 19 heavy (non-hydrogen) atoms. The Morgan fingerprint density at radius 2 is 2.21 bits per heavy atom. The third kappa shape index (κ3) is 2.95. The number of nitro groups is 1. The van der Waals surface area contributed by atoms with Gasteiger partial charge in [-0.25, -0.2) is 0 Å². The average molecular weight is 263 g/mol. The van der Waals surface area contributed by atoms with Crippen molar-refractivity contribution in [2.75, 3.05) is 0 Å². The molecule has 7 heteroatoms. The highest BCUT2D eigenvalue weighted by molar-refractivity contribution is 5.94. The lowest BCUT2D eigenvalue weighted by molar-refractivity contribution is -0.387. The van der Waals surface area contributed by atoms with Crippen molar-refractivity contribution >= 4 is 11.6 Å². The van der Waals surface area contributed by atoms with Gasteiger partial charge in [-0.2, -0.15) is 4.39 Å². The predicted octanol–water partition coefficient (Wildman–Crippen LogP) is 1.99. The zero-order chi connectivity index (χ0) is 13.8. The minimum atomic E-state index is -0.966. The van der Waals surface area contributed by atoms with Gasteiger partial charge in [-0.1, -0.05) is 0 Å². The standard InChI is InChI=1S/C12H10FN3O3/c13-10-2-1-9(5-11(10)16(18)19)12(17)15-7-8-3-4-14-6-8/h1-6,14H,7H2,(H,15,17). The minimum Gasteiger partial charge on any atom is -0.367 e. The third-order valence-electron chi connectivity index (χ3n) is 2.52. The maximum absolute atomic E-state index is 13.1. The molecule has 0 fully saturated rings. The fourth-order valence-electron chi connectivity index (χ4n) is 1.55. The lowest BCUT2D eigenvalue weighted by atomic mass is 10.2. The molecule has 2 N–H and O–H groups in total. The number of carbonyl (C=O) groups excluding carboxylic acids is 1. The summed E-state index contributed by atoms with van der Waals surface area (Å²) >= 11 is 0. The predicted molar refractivity (Wildman–Crippen MR) is 65.0 cm³/mol. The minimum absolute atomic E-state index is 0.0450. The molecule has 0 aliphatic rings. The molecule has 0 saturated carbocycles. The van der Waals surface area contributed by atoms with E-state index in [1.807, 2.05) is 0 Å². The van der Waals surface area contributed by atoms with Crippen molar-refractivity contribution in [1.29, 1.82) is 0 Å². The fourth-order valence-corrected chi connectivity index (χ4v) is 1.55. The Morgan fingerprint density at radius 1 is 1.42 bits per heavy atom.